The first-order chi connectivity index (χ1) is 8.42. The molecule has 0 bridgehead atoms. The maximum atomic E-state index is 11.8. The molecular weight excluding hydrogens is 229 g/mol. The zero-order valence-corrected chi connectivity index (χ0v) is 10.9. The number of benzene rings is 1. The third kappa shape index (κ3) is 4.95. The molecule has 0 aliphatic carbocycles. The summed E-state index contributed by atoms with van der Waals surface area (Å²) in [7, 11) is 0. The fraction of sp³-hybridized carbons (Fsp3) is 0.267. The standard InChI is InChI=1S/C15H18FNO/c1-15(2,3)17-14(18)13-9-7-12(8-10-13)6-4-5-11-16/h4-11H,1-3H3,(H,17,18)/b6-4+,11-5-. The lowest BCUT2D eigenvalue weighted by atomic mass is 10.1. The minimum absolute atomic E-state index is 0.0957. The minimum atomic E-state index is -0.248. The molecular formula is C15H18FNO. The van der Waals surface area contributed by atoms with Crippen LogP contribution in [-0.2, 0) is 0 Å². The van der Waals surface area contributed by atoms with Crippen molar-refractivity contribution in [3.63, 3.8) is 0 Å². The van der Waals surface area contributed by atoms with Gasteiger partial charge in [0.2, 0.25) is 0 Å². The molecule has 0 aliphatic rings. The fourth-order valence-electron chi connectivity index (χ4n) is 1.37. The highest BCUT2D eigenvalue weighted by Gasteiger charge is 2.14. The van der Waals surface area contributed by atoms with Crippen LogP contribution in [0.15, 0.2) is 42.7 Å². The van der Waals surface area contributed by atoms with Crippen LogP contribution < -0.4 is 5.32 Å². The van der Waals surface area contributed by atoms with E-state index in [2.05, 4.69) is 5.32 Å². The third-order valence-corrected chi connectivity index (χ3v) is 2.13. The molecule has 0 spiro atoms. The molecule has 0 fully saturated rings. The number of carbonyl (C=O) groups is 1. The normalized spacial score (nSPS) is 12.2. The van der Waals surface area contributed by atoms with Gasteiger partial charge in [-0.1, -0.05) is 24.3 Å². The second-order valence-corrected chi connectivity index (χ2v) is 5.00. The Morgan fingerprint density at radius 2 is 1.78 bits per heavy atom. The highest BCUT2D eigenvalue weighted by molar-refractivity contribution is 5.94. The van der Waals surface area contributed by atoms with Crippen molar-refractivity contribution in [3.8, 4) is 0 Å². The largest absolute Gasteiger partial charge is 0.347 e. The van der Waals surface area contributed by atoms with E-state index >= 15 is 0 Å². The molecule has 1 rings (SSSR count). The molecule has 0 saturated heterocycles. The topological polar surface area (TPSA) is 29.1 Å². The smallest absolute Gasteiger partial charge is 0.251 e. The summed E-state index contributed by atoms with van der Waals surface area (Å²) in [5.41, 5.74) is 1.28. The summed E-state index contributed by atoms with van der Waals surface area (Å²) in [4.78, 5) is 11.8. The van der Waals surface area contributed by atoms with Crippen molar-refractivity contribution >= 4 is 12.0 Å². The van der Waals surface area contributed by atoms with E-state index in [0.717, 1.165) is 5.56 Å². The quantitative estimate of drug-likeness (QED) is 0.810. The molecule has 3 heteroatoms. The predicted molar refractivity (Wildman–Crippen MR) is 72.9 cm³/mol. The van der Waals surface area contributed by atoms with Crippen molar-refractivity contribution in [1.29, 1.82) is 0 Å². The van der Waals surface area contributed by atoms with Crippen molar-refractivity contribution in [3.05, 3.63) is 53.9 Å². The van der Waals surface area contributed by atoms with E-state index in [9.17, 15) is 9.18 Å². The number of nitrogens with one attached hydrogen (secondary N) is 1. The van der Waals surface area contributed by atoms with Gasteiger partial charge in [0.15, 0.2) is 0 Å². The van der Waals surface area contributed by atoms with Gasteiger partial charge < -0.3 is 5.32 Å². The van der Waals surface area contributed by atoms with Gasteiger partial charge >= 0.3 is 0 Å². The van der Waals surface area contributed by atoms with Gasteiger partial charge in [-0.3, -0.25) is 4.79 Å². The number of hydrogen-bond acceptors (Lipinski definition) is 1. The summed E-state index contributed by atoms with van der Waals surface area (Å²) in [5.74, 6) is -0.0957. The monoisotopic (exact) mass is 247 g/mol. The summed E-state index contributed by atoms with van der Waals surface area (Å²) < 4.78 is 11.7. The van der Waals surface area contributed by atoms with E-state index in [1.807, 2.05) is 32.9 Å². The van der Waals surface area contributed by atoms with Gasteiger partial charge in [-0.05, 0) is 44.5 Å². The highest BCUT2D eigenvalue weighted by atomic mass is 19.1. The highest BCUT2D eigenvalue weighted by Crippen LogP contribution is 2.08. The van der Waals surface area contributed by atoms with Gasteiger partial charge in [0.05, 0.1) is 6.33 Å². The van der Waals surface area contributed by atoms with Crippen LogP contribution in [0.3, 0.4) is 0 Å². The number of halogens is 1. The Kier molecular flexibility index (Phi) is 4.84. The lowest BCUT2D eigenvalue weighted by Gasteiger charge is -2.20. The number of rotatable bonds is 3. The Hall–Kier alpha value is -1.90. The maximum Gasteiger partial charge on any atom is 0.251 e. The van der Waals surface area contributed by atoms with Crippen molar-refractivity contribution in [1.82, 2.24) is 5.32 Å². The van der Waals surface area contributed by atoms with E-state index in [-0.39, 0.29) is 11.4 Å². The van der Waals surface area contributed by atoms with Gasteiger partial charge in [0.1, 0.15) is 0 Å². The summed E-state index contributed by atoms with van der Waals surface area (Å²) in [5, 5.41) is 2.89. The molecule has 0 radical (unpaired) electrons. The van der Waals surface area contributed by atoms with E-state index < -0.39 is 0 Å². The Morgan fingerprint density at radius 3 is 2.28 bits per heavy atom. The fourth-order valence-corrected chi connectivity index (χ4v) is 1.37. The van der Waals surface area contributed by atoms with Crippen molar-refractivity contribution in [2.75, 3.05) is 0 Å². The molecule has 1 amide bonds. The summed E-state index contributed by atoms with van der Waals surface area (Å²) in [6.07, 6.45) is 5.15. The van der Waals surface area contributed by atoms with Crippen LogP contribution in [0.25, 0.3) is 6.08 Å². The molecule has 18 heavy (non-hydrogen) atoms. The van der Waals surface area contributed by atoms with Crippen molar-refractivity contribution < 1.29 is 9.18 Å². The van der Waals surface area contributed by atoms with Crippen LogP contribution in [-0.4, -0.2) is 11.4 Å². The Labute approximate surface area is 107 Å². The van der Waals surface area contributed by atoms with Gasteiger partial charge in [0, 0.05) is 11.1 Å². The second-order valence-electron chi connectivity index (χ2n) is 5.00. The average Bonchev–Trinajstić information content (AvgIpc) is 2.28. The molecule has 0 aliphatic heterocycles. The first kappa shape index (κ1) is 14.2. The van der Waals surface area contributed by atoms with Crippen LogP contribution in [0.4, 0.5) is 4.39 Å². The van der Waals surface area contributed by atoms with Gasteiger partial charge in [0.25, 0.3) is 5.91 Å². The van der Waals surface area contributed by atoms with E-state index in [1.165, 1.54) is 6.08 Å². The lowest BCUT2D eigenvalue weighted by Crippen LogP contribution is -2.40. The van der Waals surface area contributed by atoms with E-state index in [4.69, 9.17) is 0 Å². The average molecular weight is 247 g/mol. The Morgan fingerprint density at radius 1 is 1.17 bits per heavy atom. The van der Waals surface area contributed by atoms with Crippen LogP contribution in [0.2, 0.25) is 0 Å². The molecule has 0 heterocycles. The van der Waals surface area contributed by atoms with Crippen molar-refractivity contribution in [2.45, 2.75) is 26.3 Å². The molecule has 0 atom stereocenters. The SMILES string of the molecule is CC(C)(C)NC(=O)c1ccc(/C=C/C=C\F)cc1. The Bertz CT molecular complexity index is 452. The first-order valence-corrected chi connectivity index (χ1v) is 5.78. The van der Waals surface area contributed by atoms with Crippen LogP contribution >= 0.6 is 0 Å². The van der Waals surface area contributed by atoms with E-state index in [0.29, 0.717) is 11.9 Å². The van der Waals surface area contributed by atoms with Gasteiger partial charge in [-0.2, -0.15) is 0 Å². The number of hydrogen-bond donors (Lipinski definition) is 1. The summed E-state index contributed by atoms with van der Waals surface area (Å²) >= 11 is 0. The Balaban J connectivity index is 2.74. The van der Waals surface area contributed by atoms with E-state index in [1.54, 1.807) is 24.3 Å². The summed E-state index contributed by atoms with van der Waals surface area (Å²) in [6.45, 7) is 5.81. The number of amides is 1. The molecule has 2 nitrogen and oxygen atoms in total. The molecule has 0 saturated carbocycles. The molecule has 0 unspecified atom stereocenters. The minimum Gasteiger partial charge on any atom is -0.347 e. The molecule has 1 N–H and O–H groups in total. The lowest BCUT2D eigenvalue weighted by molar-refractivity contribution is 0.0919. The molecule has 96 valence electrons. The molecule has 0 aromatic heterocycles. The number of carbonyl (C=O) groups excluding carboxylic acids is 1. The summed E-state index contributed by atoms with van der Waals surface area (Å²) in [6, 6.07) is 7.14. The van der Waals surface area contributed by atoms with Crippen LogP contribution in [0.1, 0.15) is 36.7 Å². The zero-order valence-electron chi connectivity index (χ0n) is 10.9. The first-order valence-electron chi connectivity index (χ1n) is 5.78. The van der Waals surface area contributed by atoms with Crippen LogP contribution in [0.5, 0.6) is 0 Å². The maximum absolute atomic E-state index is 11.8. The van der Waals surface area contributed by atoms with Gasteiger partial charge in [-0.25, -0.2) is 4.39 Å². The van der Waals surface area contributed by atoms with Crippen molar-refractivity contribution in [2.24, 2.45) is 0 Å². The predicted octanol–water partition coefficient (Wildman–Crippen LogP) is 3.71. The van der Waals surface area contributed by atoms with Gasteiger partial charge in [-0.15, -0.1) is 0 Å². The molecule has 1 aromatic rings. The zero-order chi connectivity index (χ0) is 13.6. The molecule has 1 aromatic carbocycles. The second kappa shape index (κ2) is 6.15. The number of allylic oxidation sites excluding steroid dienone is 2. The third-order valence-electron chi connectivity index (χ3n) is 2.13. The van der Waals surface area contributed by atoms with Crippen LogP contribution in [0, 0.1) is 0 Å².